The van der Waals surface area contributed by atoms with Crippen LogP contribution in [0.1, 0.15) is 23.1 Å². The smallest absolute Gasteiger partial charge is 0.160 e. The number of hydrogen-bond donors (Lipinski definition) is 2. The number of phenolic OH excluding ortho intramolecular Hbond substituents is 1. The first kappa shape index (κ1) is 12.9. The number of aryl methyl sites for hydroxylation is 2. The van der Waals surface area contributed by atoms with Gasteiger partial charge in [0.15, 0.2) is 11.5 Å². The second kappa shape index (κ2) is 5.45. The lowest BCUT2D eigenvalue weighted by Gasteiger charge is -2.10. The van der Waals surface area contributed by atoms with Gasteiger partial charge in [-0.15, -0.1) is 0 Å². The Hall–Kier alpha value is -2.16. The molecule has 2 aromatic carbocycles. The molecule has 0 saturated heterocycles. The van der Waals surface area contributed by atoms with Gasteiger partial charge in [-0.1, -0.05) is 12.1 Å². The summed E-state index contributed by atoms with van der Waals surface area (Å²) in [6.07, 6.45) is 3.67. The number of methoxy groups -OCH3 is 1. The topological polar surface area (TPSA) is 41.5 Å². The second-order valence-electron chi connectivity index (χ2n) is 5.20. The fraction of sp³-hybridized carbons (Fsp3) is 0.294. The molecule has 3 heteroatoms. The van der Waals surface area contributed by atoms with E-state index in [2.05, 4.69) is 23.5 Å². The molecule has 3 nitrogen and oxygen atoms in total. The van der Waals surface area contributed by atoms with Crippen molar-refractivity contribution in [3.05, 3.63) is 53.1 Å². The molecular formula is C17H19NO2. The predicted molar refractivity (Wildman–Crippen MR) is 80.5 cm³/mol. The summed E-state index contributed by atoms with van der Waals surface area (Å²) in [5.74, 6) is 0.687. The molecule has 0 bridgehead atoms. The summed E-state index contributed by atoms with van der Waals surface area (Å²) in [6.45, 7) is 0.691. The van der Waals surface area contributed by atoms with Crippen LogP contribution < -0.4 is 10.1 Å². The van der Waals surface area contributed by atoms with Gasteiger partial charge in [0.05, 0.1) is 7.11 Å². The van der Waals surface area contributed by atoms with Gasteiger partial charge in [0.25, 0.3) is 0 Å². The Morgan fingerprint density at radius 2 is 1.95 bits per heavy atom. The van der Waals surface area contributed by atoms with Crippen LogP contribution in [0, 0.1) is 0 Å². The van der Waals surface area contributed by atoms with E-state index in [1.165, 1.54) is 30.4 Å². The Kier molecular flexibility index (Phi) is 3.50. The van der Waals surface area contributed by atoms with Crippen LogP contribution in [0.15, 0.2) is 36.4 Å². The molecule has 3 rings (SSSR count). The molecule has 2 aromatic rings. The molecular weight excluding hydrogens is 250 g/mol. The van der Waals surface area contributed by atoms with Gasteiger partial charge < -0.3 is 15.2 Å². The molecule has 0 amide bonds. The summed E-state index contributed by atoms with van der Waals surface area (Å²) >= 11 is 0. The van der Waals surface area contributed by atoms with Gasteiger partial charge in [-0.25, -0.2) is 0 Å². The monoisotopic (exact) mass is 269 g/mol. The van der Waals surface area contributed by atoms with E-state index in [1.807, 2.05) is 6.07 Å². The lowest BCUT2D eigenvalue weighted by molar-refractivity contribution is 0.373. The van der Waals surface area contributed by atoms with Crippen molar-refractivity contribution in [3.63, 3.8) is 0 Å². The van der Waals surface area contributed by atoms with Crippen molar-refractivity contribution in [3.8, 4) is 11.5 Å². The van der Waals surface area contributed by atoms with Crippen molar-refractivity contribution >= 4 is 5.69 Å². The Morgan fingerprint density at radius 1 is 1.10 bits per heavy atom. The minimum Gasteiger partial charge on any atom is -0.504 e. The summed E-state index contributed by atoms with van der Waals surface area (Å²) in [6, 6.07) is 12.1. The first-order chi connectivity index (χ1) is 9.76. The highest BCUT2D eigenvalue weighted by molar-refractivity contribution is 5.51. The molecule has 104 valence electrons. The summed E-state index contributed by atoms with van der Waals surface area (Å²) in [5, 5.41) is 13.2. The van der Waals surface area contributed by atoms with E-state index in [9.17, 15) is 5.11 Å². The number of hydrogen-bond acceptors (Lipinski definition) is 3. The Morgan fingerprint density at radius 3 is 2.75 bits per heavy atom. The molecule has 0 radical (unpaired) electrons. The Labute approximate surface area is 119 Å². The lowest BCUT2D eigenvalue weighted by atomic mass is 10.1. The van der Waals surface area contributed by atoms with Gasteiger partial charge in [0, 0.05) is 12.2 Å². The molecule has 0 saturated carbocycles. The first-order valence-electron chi connectivity index (χ1n) is 6.98. The van der Waals surface area contributed by atoms with E-state index in [-0.39, 0.29) is 5.75 Å². The zero-order valence-corrected chi connectivity index (χ0v) is 11.6. The lowest BCUT2D eigenvalue weighted by Crippen LogP contribution is -2.00. The number of phenols is 1. The molecule has 1 aliphatic rings. The summed E-state index contributed by atoms with van der Waals surface area (Å²) in [5.41, 5.74) is 5.12. The quantitative estimate of drug-likeness (QED) is 0.892. The molecule has 0 aromatic heterocycles. The van der Waals surface area contributed by atoms with E-state index in [1.54, 1.807) is 19.2 Å². The van der Waals surface area contributed by atoms with Crippen LogP contribution in [-0.4, -0.2) is 12.2 Å². The van der Waals surface area contributed by atoms with E-state index >= 15 is 0 Å². The molecule has 0 heterocycles. The SMILES string of the molecule is COc1ccc(CNc2ccc3c(c2)CCC3)cc1O. The van der Waals surface area contributed by atoms with Crippen molar-refractivity contribution in [2.45, 2.75) is 25.8 Å². The highest BCUT2D eigenvalue weighted by atomic mass is 16.5. The third-order valence-electron chi connectivity index (χ3n) is 3.84. The Balaban J connectivity index is 1.69. The standard InChI is InChI=1S/C17H19NO2/c1-20-17-8-5-12(9-16(17)19)11-18-15-7-6-13-3-2-4-14(13)10-15/h5-10,18-19H,2-4,11H2,1H3. The summed E-state index contributed by atoms with van der Waals surface area (Å²) in [7, 11) is 1.55. The predicted octanol–water partition coefficient (Wildman–Crippen LogP) is 3.50. The minimum atomic E-state index is 0.181. The van der Waals surface area contributed by atoms with Crippen LogP contribution in [0.3, 0.4) is 0 Å². The summed E-state index contributed by atoms with van der Waals surface area (Å²) < 4.78 is 5.04. The van der Waals surface area contributed by atoms with E-state index in [0.29, 0.717) is 12.3 Å². The van der Waals surface area contributed by atoms with Gasteiger partial charge >= 0.3 is 0 Å². The van der Waals surface area contributed by atoms with E-state index in [4.69, 9.17) is 4.74 Å². The van der Waals surface area contributed by atoms with Gasteiger partial charge in [0.1, 0.15) is 0 Å². The van der Waals surface area contributed by atoms with E-state index < -0.39 is 0 Å². The molecule has 20 heavy (non-hydrogen) atoms. The maximum atomic E-state index is 9.76. The molecule has 0 atom stereocenters. The Bertz CT molecular complexity index is 622. The molecule has 0 unspecified atom stereocenters. The third-order valence-corrected chi connectivity index (χ3v) is 3.84. The average Bonchev–Trinajstić information content (AvgIpc) is 2.92. The van der Waals surface area contributed by atoms with Gasteiger partial charge in [-0.05, 0) is 60.2 Å². The number of aromatic hydroxyl groups is 1. The fourth-order valence-corrected chi connectivity index (χ4v) is 2.73. The molecule has 0 aliphatic heterocycles. The van der Waals surface area contributed by atoms with Crippen LogP contribution in [0.5, 0.6) is 11.5 Å². The van der Waals surface area contributed by atoms with E-state index in [0.717, 1.165) is 11.3 Å². The number of anilines is 1. The first-order valence-corrected chi connectivity index (χ1v) is 6.98. The van der Waals surface area contributed by atoms with Crippen molar-refractivity contribution in [1.29, 1.82) is 0 Å². The summed E-state index contributed by atoms with van der Waals surface area (Å²) in [4.78, 5) is 0. The number of benzene rings is 2. The average molecular weight is 269 g/mol. The highest BCUT2D eigenvalue weighted by Crippen LogP contribution is 2.27. The number of fused-ring (bicyclic) bond motifs is 1. The van der Waals surface area contributed by atoms with Crippen LogP contribution in [0.25, 0.3) is 0 Å². The fourth-order valence-electron chi connectivity index (χ4n) is 2.73. The number of nitrogens with one attached hydrogen (secondary N) is 1. The van der Waals surface area contributed by atoms with Crippen LogP contribution in [0.4, 0.5) is 5.69 Å². The number of ether oxygens (including phenoxy) is 1. The van der Waals surface area contributed by atoms with Crippen LogP contribution in [0.2, 0.25) is 0 Å². The van der Waals surface area contributed by atoms with Crippen molar-refractivity contribution in [1.82, 2.24) is 0 Å². The van der Waals surface area contributed by atoms with Crippen LogP contribution >= 0.6 is 0 Å². The minimum absolute atomic E-state index is 0.181. The zero-order chi connectivity index (χ0) is 13.9. The van der Waals surface area contributed by atoms with Crippen LogP contribution in [-0.2, 0) is 19.4 Å². The molecule has 2 N–H and O–H groups in total. The second-order valence-corrected chi connectivity index (χ2v) is 5.20. The van der Waals surface area contributed by atoms with Gasteiger partial charge in [-0.3, -0.25) is 0 Å². The maximum absolute atomic E-state index is 9.76. The molecule has 1 aliphatic carbocycles. The number of rotatable bonds is 4. The molecule has 0 fully saturated rings. The van der Waals surface area contributed by atoms with Crippen molar-refractivity contribution < 1.29 is 9.84 Å². The third kappa shape index (κ3) is 2.57. The normalized spacial score (nSPS) is 13.1. The maximum Gasteiger partial charge on any atom is 0.160 e. The highest BCUT2D eigenvalue weighted by Gasteiger charge is 2.10. The van der Waals surface area contributed by atoms with Gasteiger partial charge in [-0.2, -0.15) is 0 Å². The largest absolute Gasteiger partial charge is 0.504 e. The molecule has 0 spiro atoms. The van der Waals surface area contributed by atoms with Gasteiger partial charge in [0.2, 0.25) is 0 Å². The van der Waals surface area contributed by atoms with Crippen molar-refractivity contribution in [2.75, 3.05) is 12.4 Å². The zero-order valence-electron chi connectivity index (χ0n) is 11.6. The van der Waals surface area contributed by atoms with Crippen molar-refractivity contribution in [2.24, 2.45) is 0 Å².